The van der Waals surface area contributed by atoms with Crippen LogP contribution in [0.5, 0.6) is 0 Å². The van der Waals surface area contributed by atoms with Gasteiger partial charge in [0.25, 0.3) is 0 Å². The Morgan fingerprint density at radius 2 is 2.03 bits per heavy atom. The van der Waals surface area contributed by atoms with Crippen molar-refractivity contribution in [1.82, 2.24) is 29.9 Å². The lowest BCUT2D eigenvalue weighted by Gasteiger charge is -2.35. The summed E-state index contributed by atoms with van der Waals surface area (Å²) >= 11 is 0. The average Bonchev–Trinajstić information content (AvgIpc) is 3.13. The number of piperazine rings is 1. The highest BCUT2D eigenvalue weighted by Crippen LogP contribution is 2.22. The van der Waals surface area contributed by atoms with Crippen LogP contribution in [0, 0.1) is 5.82 Å². The molecule has 1 aliphatic rings. The number of likely N-dealkylation sites (N-methyl/N-ethyl adjacent to an activating group) is 1. The molecule has 1 aromatic heterocycles. The molecule has 2 heterocycles. The Morgan fingerprint density at radius 3 is 2.62 bits per heavy atom. The second-order valence-corrected chi connectivity index (χ2v) is 7.26. The fraction of sp³-hybridized carbons (Fsp3) is 0.550. The van der Waals surface area contributed by atoms with Crippen molar-refractivity contribution < 1.29 is 4.39 Å². The van der Waals surface area contributed by atoms with Gasteiger partial charge < -0.3 is 20.0 Å². The van der Waals surface area contributed by atoms with E-state index in [1.807, 2.05) is 31.1 Å². The predicted molar refractivity (Wildman–Crippen MR) is 113 cm³/mol. The molecule has 0 radical (unpaired) electrons. The van der Waals surface area contributed by atoms with Gasteiger partial charge in [-0.15, -0.1) is 0 Å². The molecule has 0 amide bonds. The van der Waals surface area contributed by atoms with Crippen LogP contribution in [-0.4, -0.2) is 77.3 Å². The summed E-state index contributed by atoms with van der Waals surface area (Å²) in [5, 5.41) is 7.37. The first-order valence-electron chi connectivity index (χ1n) is 10.0. The number of halogens is 1. The van der Waals surface area contributed by atoms with E-state index < -0.39 is 0 Å². The van der Waals surface area contributed by atoms with Gasteiger partial charge in [-0.1, -0.05) is 13.0 Å². The van der Waals surface area contributed by atoms with Crippen LogP contribution in [0.3, 0.4) is 0 Å². The minimum absolute atomic E-state index is 0.170. The van der Waals surface area contributed by atoms with Crippen LogP contribution < -0.4 is 10.2 Å². The summed E-state index contributed by atoms with van der Waals surface area (Å²) in [5.41, 5.74) is 1.57. The molecule has 1 aliphatic heterocycles. The summed E-state index contributed by atoms with van der Waals surface area (Å²) in [6.45, 7) is 7.97. The molecule has 1 fully saturated rings. The predicted octanol–water partition coefficient (Wildman–Crippen LogP) is 1.30. The second-order valence-electron chi connectivity index (χ2n) is 7.26. The Labute approximate surface area is 172 Å². The molecule has 29 heavy (non-hydrogen) atoms. The number of nitrogens with one attached hydrogen (secondary N) is 1. The number of aliphatic imine (C=N–C) groups is 1. The maximum Gasteiger partial charge on any atom is 0.194 e. The van der Waals surface area contributed by atoms with Crippen LogP contribution in [0.1, 0.15) is 18.3 Å². The normalized spacial score (nSPS) is 15.6. The van der Waals surface area contributed by atoms with Crippen molar-refractivity contribution in [2.24, 2.45) is 12.0 Å². The van der Waals surface area contributed by atoms with Crippen molar-refractivity contribution in [2.45, 2.75) is 20.0 Å². The third-order valence-corrected chi connectivity index (χ3v) is 5.38. The van der Waals surface area contributed by atoms with Crippen molar-refractivity contribution in [1.29, 1.82) is 0 Å². The average molecular weight is 403 g/mol. The number of aromatic nitrogens is 3. The van der Waals surface area contributed by atoms with E-state index in [1.165, 1.54) is 6.33 Å². The van der Waals surface area contributed by atoms with Gasteiger partial charge in [-0.05, 0) is 24.2 Å². The maximum atomic E-state index is 14.7. The SMILES string of the molecule is CCN1CCN(c2ccc(CNC(=NC)N(C)Cc3ncnn3C)cc2F)CC1. The van der Waals surface area contributed by atoms with Crippen molar-refractivity contribution in [3.05, 3.63) is 41.7 Å². The number of guanidine groups is 1. The molecule has 0 bridgehead atoms. The standard InChI is InChI=1S/C20H31FN8/c1-5-28-8-10-29(11-9-28)18-7-6-16(12-17(18)21)13-23-20(22-2)26(3)14-19-24-15-25-27(19)4/h6-7,12,15H,5,8-11,13-14H2,1-4H3,(H,22,23). The van der Waals surface area contributed by atoms with Crippen molar-refractivity contribution in [3.8, 4) is 0 Å². The zero-order valence-corrected chi connectivity index (χ0v) is 17.8. The van der Waals surface area contributed by atoms with Gasteiger partial charge in [0.15, 0.2) is 5.96 Å². The zero-order valence-electron chi connectivity index (χ0n) is 17.8. The van der Waals surface area contributed by atoms with Crippen LogP contribution in [0.4, 0.5) is 10.1 Å². The minimum Gasteiger partial charge on any atom is -0.367 e. The largest absolute Gasteiger partial charge is 0.367 e. The van der Waals surface area contributed by atoms with Gasteiger partial charge >= 0.3 is 0 Å². The Bertz CT molecular complexity index is 826. The molecule has 158 valence electrons. The van der Waals surface area contributed by atoms with E-state index in [-0.39, 0.29) is 5.82 Å². The van der Waals surface area contributed by atoms with E-state index in [2.05, 4.69) is 37.1 Å². The molecule has 1 saturated heterocycles. The van der Waals surface area contributed by atoms with Crippen LogP contribution in [-0.2, 0) is 20.1 Å². The van der Waals surface area contributed by atoms with Crippen molar-refractivity contribution in [2.75, 3.05) is 51.7 Å². The van der Waals surface area contributed by atoms with Gasteiger partial charge in [0.05, 0.1) is 12.2 Å². The van der Waals surface area contributed by atoms with Crippen LogP contribution in [0.15, 0.2) is 29.5 Å². The van der Waals surface area contributed by atoms with Gasteiger partial charge in [0.2, 0.25) is 0 Å². The van der Waals surface area contributed by atoms with Crippen LogP contribution in [0.2, 0.25) is 0 Å². The number of nitrogens with zero attached hydrogens (tertiary/aromatic N) is 7. The molecule has 0 aliphatic carbocycles. The number of rotatable bonds is 6. The molecule has 1 N–H and O–H groups in total. The van der Waals surface area contributed by atoms with Crippen molar-refractivity contribution >= 4 is 11.6 Å². The van der Waals surface area contributed by atoms with E-state index in [0.29, 0.717) is 24.7 Å². The van der Waals surface area contributed by atoms with E-state index >= 15 is 0 Å². The third-order valence-electron chi connectivity index (χ3n) is 5.38. The Balaban J connectivity index is 1.57. The molecule has 3 rings (SSSR count). The molecule has 9 heteroatoms. The summed E-state index contributed by atoms with van der Waals surface area (Å²) in [4.78, 5) is 15.0. The molecule has 0 atom stereocenters. The lowest BCUT2D eigenvalue weighted by Crippen LogP contribution is -2.46. The second kappa shape index (κ2) is 9.69. The third kappa shape index (κ3) is 5.23. The lowest BCUT2D eigenvalue weighted by atomic mass is 10.1. The topological polar surface area (TPSA) is 64.8 Å². The molecule has 0 saturated carbocycles. The number of anilines is 1. The van der Waals surface area contributed by atoms with Gasteiger partial charge in [0.1, 0.15) is 18.0 Å². The highest BCUT2D eigenvalue weighted by molar-refractivity contribution is 5.79. The zero-order chi connectivity index (χ0) is 20.8. The van der Waals surface area contributed by atoms with E-state index in [1.54, 1.807) is 17.8 Å². The van der Waals surface area contributed by atoms with Crippen molar-refractivity contribution in [3.63, 3.8) is 0 Å². The van der Waals surface area contributed by atoms with Crippen LogP contribution in [0.25, 0.3) is 0 Å². The van der Waals surface area contributed by atoms with Gasteiger partial charge in [0, 0.05) is 53.9 Å². The van der Waals surface area contributed by atoms with E-state index in [9.17, 15) is 4.39 Å². The quantitative estimate of drug-likeness (QED) is 0.581. The van der Waals surface area contributed by atoms with Gasteiger partial charge in [-0.25, -0.2) is 9.37 Å². The highest BCUT2D eigenvalue weighted by Gasteiger charge is 2.18. The van der Waals surface area contributed by atoms with E-state index in [0.717, 1.165) is 44.1 Å². The molecule has 8 nitrogen and oxygen atoms in total. The Morgan fingerprint density at radius 1 is 1.28 bits per heavy atom. The Hall–Kier alpha value is -2.68. The fourth-order valence-electron chi connectivity index (χ4n) is 3.54. The molecule has 2 aromatic rings. The highest BCUT2D eigenvalue weighted by atomic mass is 19.1. The number of aryl methyl sites for hydroxylation is 1. The smallest absolute Gasteiger partial charge is 0.194 e. The lowest BCUT2D eigenvalue weighted by molar-refractivity contribution is 0.270. The monoisotopic (exact) mass is 402 g/mol. The molecule has 1 aromatic carbocycles. The fourth-order valence-corrected chi connectivity index (χ4v) is 3.54. The molecule has 0 unspecified atom stereocenters. The minimum atomic E-state index is -0.170. The van der Waals surface area contributed by atoms with Crippen LogP contribution >= 0.6 is 0 Å². The first-order chi connectivity index (χ1) is 14.0. The summed E-state index contributed by atoms with van der Waals surface area (Å²) in [7, 11) is 5.53. The van der Waals surface area contributed by atoms with E-state index in [4.69, 9.17) is 0 Å². The number of hydrogen-bond donors (Lipinski definition) is 1. The maximum absolute atomic E-state index is 14.7. The summed E-state index contributed by atoms with van der Waals surface area (Å²) in [6, 6.07) is 5.48. The van der Waals surface area contributed by atoms with Gasteiger partial charge in [-0.3, -0.25) is 9.67 Å². The number of hydrogen-bond acceptors (Lipinski definition) is 5. The summed E-state index contributed by atoms with van der Waals surface area (Å²) in [6.07, 6.45) is 1.53. The molecular weight excluding hydrogens is 371 g/mol. The first kappa shape index (κ1) is 21.0. The number of benzene rings is 1. The molecule has 0 spiro atoms. The summed E-state index contributed by atoms with van der Waals surface area (Å²) in [5.74, 6) is 1.39. The first-order valence-corrected chi connectivity index (χ1v) is 10.0. The Kier molecular flexibility index (Phi) is 7.03. The van der Waals surface area contributed by atoms with Gasteiger partial charge in [-0.2, -0.15) is 5.10 Å². The summed E-state index contributed by atoms with van der Waals surface area (Å²) < 4.78 is 16.5. The molecular formula is C20H31FN8.